The summed E-state index contributed by atoms with van der Waals surface area (Å²) < 4.78 is 24.1. The summed E-state index contributed by atoms with van der Waals surface area (Å²) in [5.41, 5.74) is 17.3. The summed E-state index contributed by atoms with van der Waals surface area (Å²) in [6.07, 6.45) is 3.85. The van der Waals surface area contributed by atoms with Gasteiger partial charge in [-0.15, -0.1) is 0 Å². The van der Waals surface area contributed by atoms with E-state index >= 15 is 0 Å². The molecule has 0 radical (unpaired) electrons. The smallest absolute Gasteiger partial charge is 0.299 e. The summed E-state index contributed by atoms with van der Waals surface area (Å²) in [7, 11) is 0. The number of nitrogens with zero attached hydrogens (tertiary/aromatic N) is 6. The number of furan rings is 2. The number of hydrogen-bond acceptors (Lipinski definition) is 4. The highest BCUT2D eigenvalue weighted by Crippen LogP contribution is 2.54. The van der Waals surface area contributed by atoms with Gasteiger partial charge >= 0.3 is 0 Å². The lowest BCUT2D eigenvalue weighted by molar-refractivity contribution is 0.493. The molecule has 6 heterocycles. The van der Waals surface area contributed by atoms with Crippen molar-refractivity contribution in [2.24, 2.45) is 0 Å². The molecular formula is C68H42N6O2. The molecule has 0 saturated heterocycles. The summed E-state index contributed by atoms with van der Waals surface area (Å²) in [6.45, 7) is 0. The Morgan fingerprint density at radius 2 is 0.618 bits per heavy atom. The zero-order valence-corrected chi connectivity index (χ0v) is 40.7. The summed E-state index contributed by atoms with van der Waals surface area (Å²) >= 11 is 0. The molecule has 0 bridgehead atoms. The van der Waals surface area contributed by atoms with Gasteiger partial charge in [-0.2, -0.15) is 0 Å². The number of para-hydroxylation sites is 10. The van der Waals surface area contributed by atoms with Crippen molar-refractivity contribution < 1.29 is 8.83 Å². The zero-order valence-electron chi connectivity index (χ0n) is 40.7. The molecule has 0 aliphatic rings. The maximum atomic E-state index is 7.52. The van der Waals surface area contributed by atoms with Crippen molar-refractivity contribution in [2.45, 2.75) is 0 Å². The summed E-state index contributed by atoms with van der Waals surface area (Å²) in [5.74, 6) is 1.72. The fraction of sp³-hybridized carbons (Fsp3) is 0. The summed E-state index contributed by atoms with van der Waals surface area (Å²) in [4.78, 5) is 10.5. The Morgan fingerprint density at radius 1 is 0.289 bits per heavy atom. The van der Waals surface area contributed by atoms with Crippen molar-refractivity contribution in [1.29, 1.82) is 0 Å². The first-order valence-corrected chi connectivity index (χ1v) is 25.6. The molecule has 8 nitrogen and oxygen atoms in total. The number of fused-ring (bicyclic) bond motifs is 9. The SMILES string of the molecule is c1ccc(-n2cnc3c(-c4c(-c5ccccc5-n5c6ccccc6c6ccccc65)oc5oc(-c6ccccc6-n6c7ccccc7c7ccccc76)c(-c6cccc7c6ncn7-c6ccccc6)c45)cccc32)cc1. The highest BCUT2D eigenvalue weighted by molar-refractivity contribution is 6.19. The van der Waals surface area contributed by atoms with E-state index in [0.29, 0.717) is 17.3 Å². The quantitative estimate of drug-likeness (QED) is 0.152. The van der Waals surface area contributed by atoms with Crippen molar-refractivity contribution in [2.75, 3.05) is 0 Å². The first-order chi connectivity index (χ1) is 37.8. The van der Waals surface area contributed by atoms with Crippen LogP contribution in [0.1, 0.15) is 0 Å². The molecule has 0 aliphatic heterocycles. The number of rotatable bonds is 8. The third-order valence-corrected chi connectivity index (χ3v) is 15.2. The molecular weight excluding hydrogens is 933 g/mol. The van der Waals surface area contributed by atoms with Crippen molar-refractivity contribution in [3.8, 4) is 67.7 Å². The molecule has 76 heavy (non-hydrogen) atoms. The maximum absolute atomic E-state index is 7.52. The van der Waals surface area contributed by atoms with Gasteiger partial charge in [-0.05, 0) is 84.9 Å². The van der Waals surface area contributed by atoms with Crippen LogP contribution in [0.3, 0.4) is 0 Å². The van der Waals surface area contributed by atoms with Crippen LogP contribution in [-0.4, -0.2) is 28.2 Å². The standard InChI is InChI=1S/C68H42N6O2/c1-3-21-43(22-4-1)71-41-69-64-51(31-19-39-59(64)71)61-63-62(52-32-20-40-60-65(52)70-42-72(60)44-23-5-2-6-24-44)67(50-30-12-18-38-58(50)74-55-35-15-9-27-47(55)48-28-10-16-36-56(48)74)76-68(63)75-66(61)49-29-11-17-37-57(49)73-53-33-13-7-25-45(53)46-26-8-14-34-54(46)73/h1-42H. The second-order valence-electron chi connectivity index (χ2n) is 19.3. The lowest BCUT2D eigenvalue weighted by Crippen LogP contribution is -1.98. The van der Waals surface area contributed by atoms with Crippen LogP contribution in [0.15, 0.2) is 264 Å². The van der Waals surface area contributed by atoms with E-state index in [0.717, 1.165) is 106 Å². The molecule has 0 amide bonds. The third kappa shape index (κ3) is 6.12. The molecule has 0 unspecified atom stereocenters. The van der Waals surface area contributed by atoms with Gasteiger partial charge in [0.2, 0.25) is 0 Å². The van der Waals surface area contributed by atoms with Crippen LogP contribution < -0.4 is 0 Å². The minimum absolute atomic E-state index is 0.392. The van der Waals surface area contributed by atoms with Gasteiger partial charge in [0.15, 0.2) is 0 Å². The van der Waals surface area contributed by atoms with Crippen molar-refractivity contribution in [3.05, 3.63) is 255 Å². The molecule has 6 aromatic heterocycles. The largest absolute Gasteiger partial charge is 0.424 e. The average Bonchev–Trinajstić information content (AvgIpc) is 4.46. The number of imidazole rings is 2. The Kier molecular flexibility index (Phi) is 9.17. The van der Waals surface area contributed by atoms with Crippen molar-refractivity contribution >= 4 is 76.8 Å². The Bertz CT molecular complexity index is 4530. The third-order valence-electron chi connectivity index (χ3n) is 15.2. The van der Waals surface area contributed by atoms with E-state index in [9.17, 15) is 0 Å². The fourth-order valence-electron chi connectivity index (χ4n) is 12.0. The van der Waals surface area contributed by atoms with Gasteiger partial charge in [-0.25, -0.2) is 9.97 Å². The minimum atomic E-state index is 0.392. The van der Waals surface area contributed by atoms with E-state index in [4.69, 9.17) is 18.8 Å². The molecule has 0 aliphatic carbocycles. The Balaban J connectivity index is 1.06. The first kappa shape index (κ1) is 42.1. The number of benzene rings is 10. The van der Waals surface area contributed by atoms with E-state index in [1.807, 2.05) is 24.8 Å². The Hall–Kier alpha value is -10.4. The molecule has 356 valence electrons. The monoisotopic (exact) mass is 974 g/mol. The molecule has 0 atom stereocenters. The van der Waals surface area contributed by atoms with E-state index in [2.05, 4.69) is 249 Å². The molecule has 8 heteroatoms. The van der Waals surface area contributed by atoms with Crippen molar-refractivity contribution in [1.82, 2.24) is 28.2 Å². The number of hydrogen-bond donors (Lipinski definition) is 0. The molecule has 0 fully saturated rings. The van der Waals surface area contributed by atoms with Crippen molar-refractivity contribution in [3.63, 3.8) is 0 Å². The molecule has 0 N–H and O–H groups in total. The van der Waals surface area contributed by atoms with E-state index in [-0.39, 0.29) is 0 Å². The van der Waals surface area contributed by atoms with Crippen LogP contribution in [0.5, 0.6) is 0 Å². The highest BCUT2D eigenvalue weighted by atomic mass is 16.5. The van der Waals surface area contributed by atoms with Gasteiger partial charge in [0.05, 0.1) is 60.9 Å². The highest BCUT2D eigenvalue weighted by Gasteiger charge is 2.33. The molecule has 0 saturated carbocycles. The van der Waals surface area contributed by atoms with Crippen LogP contribution in [0, 0.1) is 0 Å². The Morgan fingerprint density at radius 3 is 1.03 bits per heavy atom. The molecule has 16 aromatic rings. The molecule has 10 aromatic carbocycles. The average molecular weight is 975 g/mol. The normalized spacial score (nSPS) is 11.9. The Labute approximate surface area is 434 Å². The first-order valence-electron chi connectivity index (χ1n) is 25.6. The van der Waals surface area contributed by atoms with Crippen LogP contribution >= 0.6 is 0 Å². The number of aromatic nitrogens is 6. The predicted molar refractivity (Wildman–Crippen MR) is 308 cm³/mol. The van der Waals surface area contributed by atoms with Gasteiger partial charge < -0.3 is 18.0 Å². The van der Waals surface area contributed by atoms with Gasteiger partial charge in [0.25, 0.3) is 5.78 Å². The van der Waals surface area contributed by atoms with Crippen LogP contribution in [0.25, 0.3) is 144 Å². The van der Waals surface area contributed by atoms with E-state index < -0.39 is 0 Å². The second kappa shape index (κ2) is 16.5. The van der Waals surface area contributed by atoms with Gasteiger partial charge in [-0.1, -0.05) is 158 Å². The predicted octanol–water partition coefficient (Wildman–Crippen LogP) is 17.6. The lowest BCUT2D eigenvalue weighted by atomic mass is 9.91. The summed E-state index contributed by atoms with van der Waals surface area (Å²) in [6, 6.07) is 85.3. The van der Waals surface area contributed by atoms with Crippen LogP contribution in [-0.2, 0) is 0 Å². The van der Waals surface area contributed by atoms with E-state index in [1.54, 1.807) is 0 Å². The second-order valence-corrected chi connectivity index (χ2v) is 19.3. The fourth-order valence-corrected chi connectivity index (χ4v) is 12.0. The minimum Gasteiger partial charge on any atom is -0.424 e. The maximum Gasteiger partial charge on any atom is 0.299 e. The van der Waals surface area contributed by atoms with Gasteiger partial charge in [0, 0.05) is 66.3 Å². The summed E-state index contributed by atoms with van der Waals surface area (Å²) in [5, 5.41) is 5.52. The molecule has 0 spiro atoms. The van der Waals surface area contributed by atoms with E-state index in [1.165, 1.54) is 21.5 Å². The zero-order chi connectivity index (χ0) is 49.8. The van der Waals surface area contributed by atoms with Gasteiger partial charge in [-0.3, -0.25) is 9.13 Å². The molecule has 16 rings (SSSR count). The van der Waals surface area contributed by atoms with Crippen LogP contribution in [0.4, 0.5) is 0 Å². The van der Waals surface area contributed by atoms with Crippen LogP contribution in [0.2, 0.25) is 0 Å². The lowest BCUT2D eigenvalue weighted by Gasteiger charge is -2.16. The topological polar surface area (TPSA) is 71.8 Å². The van der Waals surface area contributed by atoms with Gasteiger partial charge in [0.1, 0.15) is 24.2 Å².